The molecular weight excluding hydrogens is 386 g/mol. The Morgan fingerprint density at radius 1 is 0.852 bits per heavy atom. The molecule has 152 valence electrons. The molecule has 13 nitrogen and oxygen atoms in total. The van der Waals surface area contributed by atoms with Crippen molar-refractivity contribution in [1.29, 1.82) is 0 Å². The highest BCUT2D eigenvalue weighted by Gasteiger charge is 2.29. The fraction of sp³-hybridized carbons (Fsp3) is 0.538. The van der Waals surface area contributed by atoms with Crippen LogP contribution in [0.25, 0.3) is 0 Å². The standard InChI is InChI=1S/C13H21N5O8S/c14-5(1-9(20)21)11(24)17-6(2-8(15)19)13(26)18-7(4-27)12(25)16-3-10(22)23/h5-7,27H,1-4,14H2,(H2,15,19)(H,16,25)(H,17,24)(H,18,26)(H,20,21)(H,22,23). The molecule has 0 saturated carbocycles. The summed E-state index contributed by atoms with van der Waals surface area (Å²) in [7, 11) is 0. The van der Waals surface area contributed by atoms with E-state index < -0.39 is 73.1 Å². The van der Waals surface area contributed by atoms with Crippen LogP contribution in [0.5, 0.6) is 0 Å². The molecule has 0 rings (SSSR count). The Labute approximate surface area is 158 Å². The molecule has 0 aromatic heterocycles. The molecule has 0 radical (unpaired) electrons. The van der Waals surface area contributed by atoms with Crippen molar-refractivity contribution in [1.82, 2.24) is 16.0 Å². The molecule has 0 aliphatic rings. The Kier molecular flexibility index (Phi) is 10.4. The van der Waals surface area contributed by atoms with Crippen molar-refractivity contribution in [2.24, 2.45) is 11.5 Å². The second kappa shape index (κ2) is 11.7. The number of carbonyl (C=O) groups excluding carboxylic acids is 4. The van der Waals surface area contributed by atoms with E-state index in [1.165, 1.54) is 0 Å². The van der Waals surface area contributed by atoms with Crippen molar-refractivity contribution >= 4 is 48.2 Å². The lowest BCUT2D eigenvalue weighted by atomic mass is 10.1. The van der Waals surface area contributed by atoms with Gasteiger partial charge in [0.05, 0.1) is 18.9 Å². The number of nitrogens with one attached hydrogen (secondary N) is 3. The van der Waals surface area contributed by atoms with Crippen molar-refractivity contribution < 1.29 is 39.0 Å². The van der Waals surface area contributed by atoms with Gasteiger partial charge in [-0.1, -0.05) is 0 Å². The van der Waals surface area contributed by atoms with E-state index in [-0.39, 0.29) is 5.75 Å². The second-order valence-corrected chi connectivity index (χ2v) is 5.66. The average Bonchev–Trinajstić information content (AvgIpc) is 2.55. The molecule has 0 heterocycles. The van der Waals surface area contributed by atoms with Crippen LogP contribution in [0.4, 0.5) is 0 Å². The van der Waals surface area contributed by atoms with Crippen LogP contribution in [-0.4, -0.2) is 76.2 Å². The number of primary amides is 1. The summed E-state index contributed by atoms with van der Waals surface area (Å²) in [6, 6.07) is -4.27. The summed E-state index contributed by atoms with van der Waals surface area (Å²) in [6.45, 7) is -0.690. The Balaban J connectivity index is 5.05. The highest BCUT2D eigenvalue weighted by Crippen LogP contribution is 1.98. The first-order valence-corrected chi connectivity index (χ1v) is 8.07. The lowest BCUT2D eigenvalue weighted by Gasteiger charge is -2.22. The largest absolute Gasteiger partial charge is 0.481 e. The van der Waals surface area contributed by atoms with Gasteiger partial charge in [0.15, 0.2) is 0 Å². The van der Waals surface area contributed by atoms with Crippen molar-refractivity contribution in [2.45, 2.75) is 31.0 Å². The fourth-order valence-electron chi connectivity index (χ4n) is 1.72. The molecule has 9 N–H and O–H groups in total. The summed E-state index contributed by atoms with van der Waals surface area (Å²) in [5.74, 6) is -6.69. The van der Waals surface area contributed by atoms with Gasteiger partial charge in [0.2, 0.25) is 23.6 Å². The smallest absolute Gasteiger partial charge is 0.322 e. The zero-order valence-corrected chi connectivity index (χ0v) is 14.9. The molecule has 0 saturated heterocycles. The van der Waals surface area contributed by atoms with Gasteiger partial charge in [-0.05, 0) is 0 Å². The van der Waals surface area contributed by atoms with Crippen molar-refractivity contribution in [3.8, 4) is 0 Å². The fourth-order valence-corrected chi connectivity index (χ4v) is 1.98. The molecule has 0 fully saturated rings. The van der Waals surface area contributed by atoms with Crippen molar-refractivity contribution in [2.75, 3.05) is 12.3 Å². The van der Waals surface area contributed by atoms with Gasteiger partial charge in [-0.15, -0.1) is 0 Å². The number of carboxylic acids is 2. The van der Waals surface area contributed by atoms with Crippen LogP contribution < -0.4 is 27.4 Å². The van der Waals surface area contributed by atoms with Crippen LogP contribution in [0.2, 0.25) is 0 Å². The van der Waals surface area contributed by atoms with Gasteiger partial charge in [-0.3, -0.25) is 28.8 Å². The van der Waals surface area contributed by atoms with E-state index in [4.69, 9.17) is 21.7 Å². The SMILES string of the molecule is NC(=O)CC(NC(=O)C(N)CC(=O)O)C(=O)NC(CS)C(=O)NCC(=O)O. The van der Waals surface area contributed by atoms with E-state index in [1.807, 2.05) is 5.32 Å². The lowest BCUT2D eigenvalue weighted by molar-refractivity contribution is -0.140. The first kappa shape index (κ1) is 24.1. The number of aliphatic carboxylic acids is 2. The summed E-state index contributed by atoms with van der Waals surface area (Å²) in [6.07, 6.45) is -1.36. The maximum Gasteiger partial charge on any atom is 0.322 e. The molecule has 27 heavy (non-hydrogen) atoms. The highest BCUT2D eigenvalue weighted by molar-refractivity contribution is 7.80. The number of thiol groups is 1. The third kappa shape index (κ3) is 10.0. The zero-order valence-electron chi connectivity index (χ0n) is 14.0. The molecule has 0 aliphatic heterocycles. The molecule has 3 atom stereocenters. The summed E-state index contributed by atoms with van der Waals surface area (Å²) in [5.41, 5.74) is 10.4. The van der Waals surface area contributed by atoms with Crippen LogP contribution in [-0.2, 0) is 28.8 Å². The molecule has 0 spiro atoms. The number of hydrogen-bond acceptors (Lipinski definition) is 8. The van der Waals surface area contributed by atoms with Crippen LogP contribution in [0, 0.1) is 0 Å². The summed E-state index contributed by atoms with van der Waals surface area (Å²) < 4.78 is 0. The minimum absolute atomic E-state index is 0.215. The molecule has 3 unspecified atom stereocenters. The van der Waals surface area contributed by atoms with Gasteiger partial charge in [0.1, 0.15) is 18.6 Å². The third-order valence-corrected chi connectivity index (χ3v) is 3.36. The van der Waals surface area contributed by atoms with E-state index in [2.05, 4.69) is 23.3 Å². The Morgan fingerprint density at radius 2 is 1.41 bits per heavy atom. The summed E-state index contributed by atoms with van der Waals surface area (Å²) >= 11 is 3.87. The second-order valence-electron chi connectivity index (χ2n) is 5.29. The Bertz CT molecular complexity index is 614. The average molecular weight is 407 g/mol. The van der Waals surface area contributed by atoms with Gasteiger partial charge >= 0.3 is 11.9 Å². The van der Waals surface area contributed by atoms with E-state index in [1.54, 1.807) is 0 Å². The number of carboxylic acid groups (broad SMARTS) is 2. The van der Waals surface area contributed by atoms with Crippen LogP contribution >= 0.6 is 12.6 Å². The van der Waals surface area contributed by atoms with Crippen molar-refractivity contribution in [3.63, 3.8) is 0 Å². The quantitative estimate of drug-likeness (QED) is 0.146. The normalized spacial score (nSPS) is 13.6. The topological polar surface area (TPSA) is 231 Å². The van der Waals surface area contributed by atoms with Gasteiger partial charge in [-0.25, -0.2) is 0 Å². The van der Waals surface area contributed by atoms with Crippen LogP contribution in [0.1, 0.15) is 12.8 Å². The Morgan fingerprint density at radius 3 is 1.85 bits per heavy atom. The maximum absolute atomic E-state index is 12.2. The van der Waals surface area contributed by atoms with Gasteiger partial charge in [-0.2, -0.15) is 12.6 Å². The van der Waals surface area contributed by atoms with E-state index in [9.17, 15) is 28.8 Å². The molecule has 0 aromatic rings. The highest BCUT2D eigenvalue weighted by atomic mass is 32.1. The van der Waals surface area contributed by atoms with Gasteiger partial charge in [0.25, 0.3) is 0 Å². The molecule has 4 amide bonds. The maximum atomic E-state index is 12.2. The number of amides is 4. The lowest BCUT2D eigenvalue weighted by Crippen LogP contribution is -2.57. The van der Waals surface area contributed by atoms with E-state index in [0.717, 1.165) is 0 Å². The summed E-state index contributed by atoms with van der Waals surface area (Å²) in [4.78, 5) is 68.1. The molecule has 0 aromatic carbocycles. The van der Waals surface area contributed by atoms with Crippen LogP contribution in [0.15, 0.2) is 0 Å². The monoisotopic (exact) mass is 407 g/mol. The molecule has 0 bridgehead atoms. The van der Waals surface area contributed by atoms with Gasteiger partial charge in [0, 0.05) is 5.75 Å². The first-order chi connectivity index (χ1) is 12.5. The molecular formula is C13H21N5O8S. The summed E-state index contributed by atoms with van der Waals surface area (Å²) in [5, 5.41) is 23.4. The number of hydrogen-bond donors (Lipinski definition) is 8. The number of carbonyl (C=O) groups is 6. The third-order valence-electron chi connectivity index (χ3n) is 3.00. The number of nitrogens with two attached hydrogens (primary N) is 2. The van der Waals surface area contributed by atoms with Crippen molar-refractivity contribution in [3.05, 3.63) is 0 Å². The first-order valence-electron chi connectivity index (χ1n) is 7.44. The van der Waals surface area contributed by atoms with E-state index >= 15 is 0 Å². The predicted octanol–water partition coefficient (Wildman–Crippen LogP) is -4.24. The number of rotatable bonds is 12. The predicted molar refractivity (Wildman–Crippen MR) is 92.4 cm³/mol. The molecule has 0 aliphatic carbocycles. The Hall–Kier alpha value is -2.87. The van der Waals surface area contributed by atoms with E-state index in [0.29, 0.717) is 0 Å². The van der Waals surface area contributed by atoms with Crippen LogP contribution in [0.3, 0.4) is 0 Å². The zero-order chi connectivity index (χ0) is 21.1. The minimum Gasteiger partial charge on any atom is -0.481 e. The minimum atomic E-state index is -1.52. The molecule has 14 heteroatoms. The van der Waals surface area contributed by atoms with Gasteiger partial charge < -0.3 is 37.6 Å².